The lowest BCUT2D eigenvalue weighted by Crippen LogP contribution is -2.41. The maximum Gasteiger partial charge on any atom is 0.266 e. The van der Waals surface area contributed by atoms with Crippen LogP contribution in [0.15, 0.2) is 65.5 Å². The van der Waals surface area contributed by atoms with E-state index >= 15 is 0 Å². The predicted molar refractivity (Wildman–Crippen MR) is 115 cm³/mol. The lowest BCUT2D eigenvalue weighted by atomic mass is 10.1. The summed E-state index contributed by atoms with van der Waals surface area (Å²) in [6, 6.07) is 16.5. The van der Waals surface area contributed by atoms with Gasteiger partial charge in [0.15, 0.2) is 0 Å². The SMILES string of the molecule is COc1ccc(CC(=O)N2CCC[C@H]2Cn2nc(-c3ccc(F)cc3)ccc2=O)cc1. The summed E-state index contributed by atoms with van der Waals surface area (Å²) >= 11 is 0. The molecule has 1 aliphatic heterocycles. The quantitative estimate of drug-likeness (QED) is 0.613. The zero-order valence-corrected chi connectivity index (χ0v) is 17.3. The highest BCUT2D eigenvalue weighted by Gasteiger charge is 2.29. The largest absolute Gasteiger partial charge is 0.497 e. The van der Waals surface area contributed by atoms with E-state index < -0.39 is 0 Å². The molecule has 160 valence electrons. The van der Waals surface area contributed by atoms with Crippen LogP contribution in [0.2, 0.25) is 0 Å². The van der Waals surface area contributed by atoms with Crippen LogP contribution in [0.3, 0.4) is 0 Å². The zero-order chi connectivity index (χ0) is 21.8. The van der Waals surface area contributed by atoms with Crippen LogP contribution in [0, 0.1) is 5.82 Å². The highest BCUT2D eigenvalue weighted by molar-refractivity contribution is 5.79. The number of halogens is 1. The molecule has 0 saturated carbocycles. The second-order valence-corrected chi connectivity index (χ2v) is 7.65. The van der Waals surface area contributed by atoms with Gasteiger partial charge in [-0.25, -0.2) is 9.07 Å². The number of likely N-dealkylation sites (tertiary alicyclic amines) is 1. The molecular formula is C24H24FN3O3. The fourth-order valence-electron chi connectivity index (χ4n) is 3.93. The van der Waals surface area contributed by atoms with Crippen LogP contribution >= 0.6 is 0 Å². The summed E-state index contributed by atoms with van der Waals surface area (Å²) < 4.78 is 19.8. The minimum absolute atomic E-state index is 0.0374. The average Bonchev–Trinajstić information content (AvgIpc) is 3.25. The van der Waals surface area contributed by atoms with E-state index in [2.05, 4.69) is 5.10 Å². The molecule has 0 bridgehead atoms. The molecule has 0 unspecified atom stereocenters. The molecule has 1 amide bonds. The molecule has 1 aromatic heterocycles. The third kappa shape index (κ3) is 4.82. The molecule has 6 nitrogen and oxygen atoms in total. The van der Waals surface area contributed by atoms with Crippen LogP contribution in [0.5, 0.6) is 5.75 Å². The summed E-state index contributed by atoms with van der Waals surface area (Å²) in [4.78, 5) is 27.2. The van der Waals surface area contributed by atoms with Crippen molar-refractivity contribution in [3.63, 3.8) is 0 Å². The number of amides is 1. The number of nitrogens with zero attached hydrogens (tertiary/aromatic N) is 3. The average molecular weight is 421 g/mol. The molecular weight excluding hydrogens is 397 g/mol. The van der Waals surface area contributed by atoms with E-state index in [9.17, 15) is 14.0 Å². The van der Waals surface area contributed by atoms with E-state index in [4.69, 9.17) is 4.74 Å². The Balaban J connectivity index is 1.48. The van der Waals surface area contributed by atoms with Crippen molar-refractivity contribution in [2.75, 3.05) is 13.7 Å². The summed E-state index contributed by atoms with van der Waals surface area (Å²) in [6.07, 6.45) is 2.02. The van der Waals surface area contributed by atoms with Crippen molar-refractivity contribution in [3.8, 4) is 17.0 Å². The van der Waals surface area contributed by atoms with Crippen molar-refractivity contribution in [3.05, 3.63) is 82.4 Å². The molecule has 0 spiro atoms. The molecule has 7 heteroatoms. The number of aromatic nitrogens is 2. The van der Waals surface area contributed by atoms with Crippen molar-refractivity contribution >= 4 is 5.91 Å². The van der Waals surface area contributed by atoms with Gasteiger partial charge in [0.05, 0.1) is 31.8 Å². The fraction of sp³-hybridized carbons (Fsp3) is 0.292. The lowest BCUT2D eigenvalue weighted by Gasteiger charge is -2.25. The van der Waals surface area contributed by atoms with Gasteiger partial charge >= 0.3 is 0 Å². The van der Waals surface area contributed by atoms with Crippen LogP contribution in [-0.4, -0.2) is 40.3 Å². The lowest BCUT2D eigenvalue weighted by molar-refractivity contribution is -0.131. The monoisotopic (exact) mass is 421 g/mol. The Morgan fingerprint density at radius 1 is 1.10 bits per heavy atom. The van der Waals surface area contributed by atoms with E-state index in [1.54, 1.807) is 25.3 Å². The topological polar surface area (TPSA) is 64.4 Å². The van der Waals surface area contributed by atoms with Crippen LogP contribution < -0.4 is 10.3 Å². The molecule has 2 heterocycles. The number of rotatable bonds is 6. The summed E-state index contributed by atoms with van der Waals surface area (Å²) in [5.41, 5.74) is 2.02. The van der Waals surface area contributed by atoms with Crippen molar-refractivity contribution in [2.45, 2.75) is 31.8 Å². The normalized spacial score (nSPS) is 15.8. The van der Waals surface area contributed by atoms with Gasteiger partial charge in [-0.1, -0.05) is 12.1 Å². The predicted octanol–water partition coefficient (Wildman–Crippen LogP) is 3.29. The summed E-state index contributed by atoms with van der Waals surface area (Å²) in [6.45, 7) is 1.01. The smallest absolute Gasteiger partial charge is 0.266 e. The Bertz CT molecular complexity index is 1110. The Morgan fingerprint density at radius 2 is 1.84 bits per heavy atom. The molecule has 1 aliphatic rings. The number of ether oxygens (including phenoxy) is 1. The number of methoxy groups -OCH3 is 1. The molecule has 0 aliphatic carbocycles. The van der Waals surface area contributed by atoms with E-state index in [0.29, 0.717) is 25.2 Å². The Hall–Kier alpha value is -3.48. The van der Waals surface area contributed by atoms with Gasteiger partial charge in [0.1, 0.15) is 11.6 Å². The summed E-state index contributed by atoms with van der Waals surface area (Å²) in [5, 5.41) is 4.46. The highest BCUT2D eigenvalue weighted by atomic mass is 19.1. The van der Waals surface area contributed by atoms with Crippen molar-refractivity contribution in [1.29, 1.82) is 0 Å². The van der Waals surface area contributed by atoms with Gasteiger partial charge in [-0.05, 0) is 60.9 Å². The Morgan fingerprint density at radius 3 is 2.55 bits per heavy atom. The van der Waals surface area contributed by atoms with Crippen LogP contribution in [-0.2, 0) is 17.8 Å². The first-order valence-corrected chi connectivity index (χ1v) is 10.3. The van der Waals surface area contributed by atoms with Gasteiger partial charge < -0.3 is 9.64 Å². The number of benzene rings is 2. The standard InChI is InChI=1S/C24H24FN3O3/c1-31-21-10-4-17(5-11-21)15-24(30)27-14-2-3-20(27)16-28-23(29)13-12-22(26-28)18-6-8-19(25)9-7-18/h4-13,20H,2-3,14-16H2,1H3/t20-/m0/s1. The molecule has 1 atom stereocenters. The van der Waals surface area contributed by atoms with Gasteiger partial charge in [0.2, 0.25) is 5.91 Å². The number of carbonyl (C=O) groups excluding carboxylic acids is 1. The van der Waals surface area contributed by atoms with Crippen LogP contribution in [0.25, 0.3) is 11.3 Å². The van der Waals surface area contributed by atoms with Gasteiger partial charge in [-0.3, -0.25) is 9.59 Å². The van der Waals surface area contributed by atoms with Crippen molar-refractivity contribution < 1.29 is 13.9 Å². The zero-order valence-electron chi connectivity index (χ0n) is 17.3. The van der Waals surface area contributed by atoms with E-state index in [1.807, 2.05) is 29.2 Å². The van der Waals surface area contributed by atoms with Crippen LogP contribution in [0.4, 0.5) is 4.39 Å². The maximum atomic E-state index is 13.2. The van der Waals surface area contributed by atoms with E-state index in [0.717, 1.165) is 29.7 Å². The maximum absolute atomic E-state index is 13.2. The van der Waals surface area contributed by atoms with E-state index in [-0.39, 0.29) is 23.3 Å². The first-order valence-electron chi connectivity index (χ1n) is 10.3. The molecule has 1 fully saturated rings. The Labute approximate surface area is 179 Å². The number of hydrogen-bond donors (Lipinski definition) is 0. The Kier molecular flexibility index (Phi) is 6.11. The van der Waals surface area contributed by atoms with Gasteiger partial charge in [-0.2, -0.15) is 5.10 Å². The highest BCUT2D eigenvalue weighted by Crippen LogP contribution is 2.21. The molecule has 1 saturated heterocycles. The third-order valence-electron chi connectivity index (χ3n) is 5.60. The fourth-order valence-corrected chi connectivity index (χ4v) is 3.93. The van der Waals surface area contributed by atoms with Crippen molar-refractivity contribution in [2.24, 2.45) is 0 Å². The minimum atomic E-state index is -0.325. The van der Waals surface area contributed by atoms with Gasteiger partial charge in [0.25, 0.3) is 5.56 Å². The summed E-state index contributed by atoms with van der Waals surface area (Å²) in [7, 11) is 1.61. The minimum Gasteiger partial charge on any atom is -0.497 e. The van der Waals surface area contributed by atoms with E-state index in [1.165, 1.54) is 22.9 Å². The first kappa shape index (κ1) is 20.8. The number of hydrogen-bond acceptors (Lipinski definition) is 4. The molecule has 2 aromatic carbocycles. The first-order chi connectivity index (χ1) is 15.0. The third-order valence-corrected chi connectivity index (χ3v) is 5.60. The number of carbonyl (C=O) groups is 1. The van der Waals surface area contributed by atoms with Crippen molar-refractivity contribution in [1.82, 2.24) is 14.7 Å². The van der Waals surface area contributed by atoms with Crippen LogP contribution in [0.1, 0.15) is 18.4 Å². The molecule has 31 heavy (non-hydrogen) atoms. The molecule has 0 radical (unpaired) electrons. The molecule has 4 rings (SSSR count). The van der Waals surface area contributed by atoms with Gasteiger partial charge in [-0.15, -0.1) is 0 Å². The summed E-state index contributed by atoms with van der Waals surface area (Å²) in [5.74, 6) is 0.464. The second-order valence-electron chi connectivity index (χ2n) is 7.65. The second kappa shape index (κ2) is 9.12. The molecule has 3 aromatic rings. The van der Waals surface area contributed by atoms with Gasteiger partial charge in [0, 0.05) is 18.2 Å². The molecule has 0 N–H and O–H groups in total.